The van der Waals surface area contributed by atoms with E-state index in [0.717, 1.165) is 5.69 Å². The highest BCUT2D eigenvalue weighted by Gasteiger charge is 2.33. The average Bonchev–Trinajstić information content (AvgIpc) is 3.07. The molecule has 1 atom stereocenters. The van der Waals surface area contributed by atoms with Gasteiger partial charge in [-0.25, -0.2) is 9.59 Å². The lowest BCUT2D eigenvalue weighted by atomic mass is 10.2. The molecule has 0 aliphatic carbocycles. The molecule has 0 saturated carbocycles. The molecule has 0 N–H and O–H groups in total. The predicted molar refractivity (Wildman–Crippen MR) is 99.8 cm³/mol. The van der Waals surface area contributed by atoms with Crippen LogP contribution in [0.15, 0.2) is 48.5 Å². The second-order valence-electron chi connectivity index (χ2n) is 6.19. The monoisotopic (exact) mass is 365 g/mol. The van der Waals surface area contributed by atoms with Crippen LogP contribution in [-0.4, -0.2) is 45.4 Å². The molecular weight excluding hydrogens is 346 g/mol. The Kier molecular flexibility index (Phi) is 5.27. The Morgan fingerprint density at radius 2 is 1.93 bits per heavy atom. The molecule has 1 heterocycles. The summed E-state index contributed by atoms with van der Waals surface area (Å²) in [5, 5.41) is 8.87. The molecule has 2 aromatic carbocycles. The average molecular weight is 365 g/mol. The van der Waals surface area contributed by atoms with Crippen LogP contribution in [0.2, 0.25) is 0 Å². The van der Waals surface area contributed by atoms with Crippen molar-refractivity contribution in [3.8, 4) is 6.07 Å². The minimum atomic E-state index is -0.404. The molecular formula is C20H19N3O4. The van der Waals surface area contributed by atoms with E-state index in [1.807, 2.05) is 24.1 Å². The number of carbonyl (C=O) groups excluding carboxylic acids is 2. The van der Waals surface area contributed by atoms with Gasteiger partial charge in [0.05, 0.1) is 37.4 Å². The predicted octanol–water partition coefficient (Wildman–Crippen LogP) is 2.81. The van der Waals surface area contributed by atoms with Crippen LogP contribution in [0.25, 0.3) is 0 Å². The van der Waals surface area contributed by atoms with E-state index in [1.54, 1.807) is 41.3 Å². The number of likely N-dealkylation sites (N-methyl/N-ethyl adjacent to an activating group) is 1. The van der Waals surface area contributed by atoms with Gasteiger partial charge in [-0.05, 0) is 48.5 Å². The van der Waals surface area contributed by atoms with Crippen LogP contribution < -0.4 is 9.80 Å². The number of nitriles is 1. The molecule has 0 bridgehead atoms. The van der Waals surface area contributed by atoms with Crippen LogP contribution in [0.4, 0.5) is 16.2 Å². The van der Waals surface area contributed by atoms with Crippen molar-refractivity contribution in [2.75, 3.05) is 37.0 Å². The topological polar surface area (TPSA) is 82.9 Å². The van der Waals surface area contributed by atoms with Crippen molar-refractivity contribution in [1.82, 2.24) is 0 Å². The third kappa shape index (κ3) is 4.01. The summed E-state index contributed by atoms with van der Waals surface area (Å²) in [6, 6.07) is 15.9. The number of methoxy groups -OCH3 is 1. The normalized spacial score (nSPS) is 15.8. The fraction of sp³-hybridized carbons (Fsp3) is 0.250. The number of carbonyl (C=O) groups is 2. The standard InChI is InChI=1S/C20H19N3O4/c1-22(16-9-5-15(6-10-16)19(24)26-2)12-18-13-23(20(25)27-18)17-7-3-14(11-21)4-8-17/h3-10,18H,12-13H2,1-2H3. The van der Waals surface area contributed by atoms with E-state index in [4.69, 9.17) is 14.7 Å². The second-order valence-corrected chi connectivity index (χ2v) is 6.19. The maximum Gasteiger partial charge on any atom is 0.414 e. The summed E-state index contributed by atoms with van der Waals surface area (Å²) in [7, 11) is 3.24. The van der Waals surface area contributed by atoms with Gasteiger partial charge in [-0.1, -0.05) is 0 Å². The van der Waals surface area contributed by atoms with E-state index < -0.39 is 6.09 Å². The van der Waals surface area contributed by atoms with Crippen molar-refractivity contribution >= 4 is 23.4 Å². The van der Waals surface area contributed by atoms with Gasteiger partial charge in [-0.3, -0.25) is 4.90 Å². The molecule has 1 unspecified atom stereocenters. The molecule has 138 valence electrons. The van der Waals surface area contributed by atoms with Crippen LogP contribution in [0, 0.1) is 11.3 Å². The van der Waals surface area contributed by atoms with Gasteiger partial charge >= 0.3 is 12.1 Å². The lowest BCUT2D eigenvalue weighted by Crippen LogP contribution is -2.32. The summed E-state index contributed by atoms with van der Waals surface area (Å²) in [5.74, 6) is -0.382. The zero-order valence-electron chi connectivity index (χ0n) is 15.1. The number of hydrogen-bond acceptors (Lipinski definition) is 6. The van der Waals surface area contributed by atoms with Crippen molar-refractivity contribution in [3.63, 3.8) is 0 Å². The number of ether oxygens (including phenoxy) is 2. The Hall–Kier alpha value is -3.53. The third-order valence-corrected chi connectivity index (χ3v) is 4.39. The van der Waals surface area contributed by atoms with Crippen molar-refractivity contribution in [2.24, 2.45) is 0 Å². The molecule has 2 aromatic rings. The van der Waals surface area contributed by atoms with E-state index >= 15 is 0 Å². The van der Waals surface area contributed by atoms with Gasteiger partial charge in [0.15, 0.2) is 0 Å². The molecule has 1 fully saturated rings. The molecule has 1 saturated heterocycles. The fourth-order valence-electron chi connectivity index (χ4n) is 2.92. The zero-order valence-corrected chi connectivity index (χ0v) is 15.1. The number of hydrogen-bond donors (Lipinski definition) is 0. The van der Waals surface area contributed by atoms with Gasteiger partial charge in [0.25, 0.3) is 0 Å². The molecule has 0 aromatic heterocycles. The first-order valence-electron chi connectivity index (χ1n) is 8.39. The van der Waals surface area contributed by atoms with Gasteiger partial charge in [0.2, 0.25) is 0 Å². The summed E-state index contributed by atoms with van der Waals surface area (Å²) in [6.45, 7) is 0.936. The fourth-order valence-corrected chi connectivity index (χ4v) is 2.92. The first-order valence-corrected chi connectivity index (χ1v) is 8.39. The number of rotatable bonds is 5. The van der Waals surface area contributed by atoms with Crippen molar-refractivity contribution < 1.29 is 19.1 Å². The molecule has 1 aliphatic heterocycles. The summed E-state index contributed by atoms with van der Waals surface area (Å²) in [5.41, 5.74) is 2.62. The quantitative estimate of drug-likeness (QED) is 0.758. The largest absolute Gasteiger partial charge is 0.465 e. The van der Waals surface area contributed by atoms with Crippen LogP contribution in [0.5, 0.6) is 0 Å². The Morgan fingerprint density at radius 1 is 1.26 bits per heavy atom. The van der Waals surface area contributed by atoms with Crippen molar-refractivity contribution in [1.29, 1.82) is 5.26 Å². The Morgan fingerprint density at radius 3 is 2.52 bits per heavy atom. The number of benzene rings is 2. The van der Waals surface area contributed by atoms with Crippen molar-refractivity contribution in [3.05, 3.63) is 59.7 Å². The number of amides is 1. The minimum absolute atomic E-state index is 0.293. The highest BCUT2D eigenvalue weighted by molar-refractivity contribution is 5.90. The van der Waals surface area contributed by atoms with E-state index in [-0.39, 0.29) is 12.1 Å². The van der Waals surface area contributed by atoms with Crippen LogP contribution in [0.1, 0.15) is 15.9 Å². The van der Waals surface area contributed by atoms with Crippen LogP contribution >= 0.6 is 0 Å². The zero-order chi connectivity index (χ0) is 19.4. The number of cyclic esters (lactones) is 1. The molecule has 3 rings (SSSR count). The maximum atomic E-state index is 12.2. The highest BCUT2D eigenvalue weighted by Crippen LogP contribution is 2.23. The molecule has 1 aliphatic rings. The molecule has 7 nitrogen and oxygen atoms in total. The van der Waals surface area contributed by atoms with E-state index in [0.29, 0.717) is 29.9 Å². The highest BCUT2D eigenvalue weighted by atomic mass is 16.6. The number of anilines is 2. The lowest BCUT2D eigenvalue weighted by molar-refractivity contribution is 0.0600. The van der Waals surface area contributed by atoms with Crippen LogP contribution in [0.3, 0.4) is 0 Å². The molecule has 0 spiro atoms. The SMILES string of the molecule is COC(=O)c1ccc(N(C)CC2CN(c3ccc(C#N)cc3)C(=O)O2)cc1. The van der Waals surface area contributed by atoms with Gasteiger partial charge in [-0.15, -0.1) is 0 Å². The second kappa shape index (κ2) is 7.79. The maximum absolute atomic E-state index is 12.2. The molecule has 1 amide bonds. The summed E-state index contributed by atoms with van der Waals surface area (Å²) in [6.07, 6.45) is -0.697. The van der Waals surface area contributed by atoms with Crippen molar-refractivity contribution in [2.45, 2.75) is 6.10 Å². The van der Waals surface area contributed by atoms with E-state index in [1.165, 1.54) is 7.11 Å². The van der Waals surface area contributed by atoms with Gasteiger partial charge < -0.3 is 14.4 Å². The van der Waals surface area contributed by atoms with Gasteiger partial charge in [-0.2, -0.15) is 5.26 Å². The molecule has 27 heavy (non-hydrogen) atoms. The number of nitrogens with zero attached hydrogens (tertiary/aromatic N) is 3. The lowest BCUT2D eigenvalue weighted by Gasteiger charge is -2.22. The smallest absolute Gasteiger partial charge is 0.414 e. The van der Waals surface area contributed by atoms with Crippen LogP contribution in [-0.2, 0) is 9.47 Å². The van der Waals surface area contributed by atoms with Gasteiger partial charge in [0, 0.05) is 18.4 Å². The first kappa shape index (κ1) is 18.3. The summed E-state index contributed by atoms with van der Waals surface area (Å²) in [4.78, 5) is 27.2. The Labute approximate surface area is 157 Å². The van der Waals surface area contributed by atoms with E-state index in [2.05, 4.69) is 6.07 Å². The summed E-state index contributed by atoms with van der Waals surface area (Å²) >= 11 is 0. The minimum Gasteiger partial charge on any atom is -0.465 e. The summed E-state index contributed by atoms with van der Waals surface area (Å²) < 4.78 is 10.2. The Balaban J connectivity index is 1.63. The third-order valence-electron chi connectivity index (χ3n) is 4.39. The van der Waals surface area contributed by atoms with E-state index in [9.17, 15) is 9.59 Å². The Bertz CT molecular complexity index is 872. The molecule has 0 radical (unpaired) electrons. The first-order chi connectivity index (χ1) is 13.0. The number of esters is 1. The molecule has 7 heteroatoms. The van der Waals surface area contributed by atoms with Gasteiger partial charge in [0.1, 0.15) is 6.10 Å².